The number of piperidine rings is 1. The Balaban J connectivity index is 2.46. The zero-order valence-corrected chi connectivity index (χ0v) is 32.3. The zero-order chi connectivity index (χ0) is 37.4. The fourth-order valence-corrected chi connectivity index (χ4v) is 5.38. The summed E-state index contributed by atoms with van der Waals surface area (Å²) < 4.78 is 29.2. The van der Waals surface area contributed by atoms with Crippen LogP contribution >= 0.6 is 0 Å². The molecule has 0 atom stereocenters. The topological polar surface area (TPSA) is 141 Å². The Bertz CT molecular complexity index is 1390. The summed E-state index contributed by atoms with van der Waals surface area (Å²) in [5, 5.41) is 9.04. The van der Waals surface area contributed by atoms with Gasteiger partial charge >= 0.3 is 18.0 Å². The first-order valence-corrected chi connectivity index (χ1v) is 19.4. The van der Waals surface area contributed by atoms with Crippen molar-refractivity contribution >= 4 is 38.0 Å². The van der Waals surface area contributed by atoms with Gasteiger partial charge in [0.2, 0.25) is 5.91 Å². The quantitative estimate of drug-likeness (QED) is 0.106. The molecular weight excluding hydrogens is 647 g/mol. The van der Waals surface area contributed by atoms with E-state index in [1.54, 1.807) is 73.0 Å². The van der Waals surface area contributed by atoms with Crippen LogP contribution in [0.3, 0.4) is 0 Å². The average Bonchev–Trinajstić information content (AvgIpc) is 2.95. The molecule has 1 N–H and O–H groups in total. The molecule has 2 rings (SSSR count). The van der Waals surface area contributed by atoms with E-state index in [9.17, 15) is 24.3 Å². The van der Waals surface area contributed by atoms with Crippen LogP contribution in [0, 0.1) is 5.92 Å². The van der Waals surface area contributed by atoms with Crippen molar-refractivity contribution in [3.05, 3.63) is 42.1 Å². The predicted molar refractivity (Wildman–Crippen MR) is 190 cm³/mol. The van der Waals surface area contributed by atoms with Crippen molar-refractivity contribution in [2.75, 3.05) is 33.4 Å². The third kappa shape index (κ3) is 14.2. The van der Waals surface area contributed by atoms with Crippen LogP contribution in [-0.4, -0.2) is 91.7 Å². The normalized spacial score (nSPS) is 15.1. The Hall–Kier alpha value is -4.00. The molecule has 274 valence electrons. The van der Waals surface area contributed by atoms with Gasteiger partial charge in [0.25, 0.3) is 8.32 Å². The summed E-state index contributed by atoms with van der Waals surface area (Å²) in [6.07, 6.45) is 5.31. The van der Waals surface area contributed by atoms with Crippen molar-refractivity contribution in [2.45, 2.75) is 104 Å². The number of hydrogen-bond donors (Lipinski definition) is 1. The maximum atomic E-state index is 13.3. The van der Waals surface area contributed by atoms with Gasteiger partial charge in [0, 0.05) is 31.9 Å². The Kier molecular flexibility index (Phi) is 13.9. The molecule has 0 aliphatic carbocycles. The molecule has 1 saturated heterocycles. The van der Waals surface area contributed by atoms with E-state index in [4.69, 9.17) is 23.4 Å². The van der Waals surface area contributed by atoms with Crippen molar-refractivity contribution in [1.82, 2.24) is 9.80 Å². The van der Waals surface area contributed by atoms with Crippen LogP contribution < -0.4 is 9.47 Å². The van der Waals surface area contributed by atoms with Crippen LogP contribution in [0.5, 0.6) is 11.5 Å². The summed E-state index contributed by atoms with van der Waals surface area (Å²) in [6.45, 7) is 21.1. The number of carbonyl (C=O) groups is 4. The summed E-state index contributed by atoms with van der Waals surface area (Å²) in [6, 6.07) is 4.98. The summed E-state index contributed by atoms with van der Waals surface area (Å²) in [4.78, 5) is 52.3. The third-order valence-electron chi connectivity index (χ3n) is 7.91. The minimum atomic E-state index is -2.44. The van der Waals surface area contributed by atoms with Gasteiger partial charge in [-0.25, -0.2) is 14.4 Å². The molecule has 1 aliphatic heterocycles. The second kappa shape index (κ2) is 16.6. The minimum absolute atomic E-state index is 0.0952. The lowest BCUT2D eigenvalue weighted by Gasteiger charge is -2.37. The second-order valence-electron chi connectivity index (χ2n) is 15.7. The number of ether oxygens (including phenoxy) is 4. The maximum absolute atomic E-state index is 13.3. The molecule has 0 radical (unpaired) electrons. The molecule has 12 nitrogen and oxygen atoms in total. The predicted octanol–water partition coefficient (Wildman–Crippen LogP) is 6.85. The van der Waals surface area contributed by atoms with E-state index in [0.29, 0.717) is 37.3 Å². The van der Waals surface area contributed by atoms with E-state index in [2.05, 4.69) is 33.9 Å². The number of likely N-dealkylation sites (tertiary alicyclic amines) is 1. The number of nitrogens with zero attached hydrogens (tertiary/aromatic N) is 2. The van der Waals surface area contributed by atoms with Crippen molar-refractivity contribution in [2.24, 2.45) is 5.92 Å². The fourth-order valence-electron chi connectivity index (χ4n) is 4.36. The van der Waals surface area contributed by atoms with Gasteiger partial charge in [0.05, 0.1) is 0 Å². The number of carbonyl (C=O) groups excluding carboxylic acids is 3. The molecule has 1 aromatic rings. The number of amides is 2. The van der Waals surface area contributed by atoms with Gasteiger partial charge in [-0.2, -0.15) is 0 Å². The molecular formula is C36H56N2O10Si. The summed E-state index contributed by atoms with van der Waals surface area (Å²) in [7, 11) is -0.813. The van der Waals surface area contributed by atoms with E-state index in [1.165, 1.54) is 15.9 Å². The minimum Gasteiger partial charge on any atom is -0.542 e. The molecule has 1 aromatic carbocycles. The number of benzene rings is 1. The van der Waals surface area contributed by atoms with Gasteiger partial charge in [-0.05, 0) is 103 Å². The molecule has 2 amide bonds. The molecule has 0 bridgehead atoms. The number of carboxylic acid groups (broad SMARTS) is 1. The molecule has 1 heterocycles. The standard InChI is InChI=1S/C36H56N2O10Si/c1-34(2,3)46-31(40)23-44-27-15-14-26(21-28(27)45-24-32(41)47-35(4,5)6)29(48-49(11,12)36(7,8)9)22-37(10)30(39)16-13-25-17-19-38(20-18-25)33(42)43/h13-16,21-22,25H,17-20,23-24H2,1-12H3,(H,42,43)/b16-13+,29-22-/i10-1. The van der Waals surface area contributed by atoms with Crippen molar-refractivity contribution in [3.63, 3.8) is 0 Å². The van der Waals surface area contributed by atoms with Crippen molar-refractivity contribution in [3.8, 4) is 11.5 Å². The highest BCUT2D eigenvalue weighted by molar-refractivity contribution is 6.74. The van der Waals surface area contributed by atoms with Crippen LogP contribution in [0.2, 0.25) is 18.1 Å². The highest BCUT2D eigenvalue weighted by Gasteiger charge is 2.40. The molecule has 0 unspecified atom stereocenters. The summed E-state index contributed by atoms with van der Waals surface area (Å²) in [5.41, 5.74) is -0.858. The maximum Gasteiger partial charge on any atom is 0.407 e. The second-order valence-corrected chi connectivity index (χ2v) is 20.4. The van der Waals surface area contributed by atoms with Gasteiger partial charge in [-0.15, -0.1) is 0 Å². The Labute approximate surface area is 292 Å². The summed E-state index contributed by atoms with van der Waals surface area (Å²) in [5.74, 6) is -0.573. The van der Waals surface area contributed by atoms with Crippen LogP contribution in [0.15, 0.2) is 36.6 Å². The van der Waals surface area contributed by atoms with E-state index >= 15 is 0 Å². The van der Waals surface area contributed by atoms with Crippen LogP contribution in [0.25, 0.3) is 5.76 Å². The highest BCUT2D eigenvalue weighted by Crippen LogP contribution is 2.41. The van der Waals surface area contributed by atoms with Crippen molar-refractivity contribution < 1.29 is 47.7 Å². The molecule has 1 fully saturated rings. The summed E-state index contributed by atoms with van der Waals surface area (Å²) >= 11 is 0. The van der Waals surface area contributed by atoms with Crippen LogP contribution in [0.4, 0.5) is 4.79 Å². The molecule has 13 heteroatoms. The first-order chi connectivity index (χ1) is 22.4. The molecule has 0 saturated carbocycles. The smallest absolute Gasteiger partial charge is 0.407 e. The SMILES string of the molecule is CC(C)(C)OC(=O)COc1ccc(/C(=C/N([11CH3])C(=O)/C=C/C2CCN(C(=O)O)CC2)O[Si](C)(C)C(C)(C)C)cc1OCC(=O)OC(C)(C)C. The number of esters is 2. The Morgan fingerprint density at radius 3 is 1.86 bits per heavy atom. The highest BCUT2D eigenvalue weighted by atomic mass is 28.4. The lowest BCUT2D eigenvalue weighted by Crippen LogP contribution is -2.40. The monoisotopic (exact) mass is 703 g/mol. The van der Waals surface area contributed by atoms with Crippen molar-refractivity contribution in [1.29, 1.82) is 0 Å². The third-order valence-corrected chi connectivity index (χ3v) is 12.3. The lowest BCUT2D eigenvalue weighted by atomic mass is 9.96. The number of rotatable bonds is 12. The molecule has 49 heavy (non-hydrogen) atoms. The van der Waals surface area contributed by atoms with Gasteiger partial charge in [-0.3, -0.25) is 4.79 Å². The van der Waals surface area contributed by atoms with Gasteiger partial charge < -0.3 is 38.3 Å². The van der Waals surface area contributed by atoms with E-state index < -0.39 is 44.2 Å². The molecule has 0 spiro atoms. The molecule has 0 aromatic heterocycles. The number of hydrogen-bond acceptors (Lipinski definition) is 9. The van der Waals surface area contributed by atoms with Gasteiger partial charge in [0.1, 0.15) is 17.0 Å². The first-order valence-electron chi connectivity index (χ1n) is 16.5. The Morgan fingerprint density at radius 2 is 1.39 bits per heavy atom. The van der Waals surface area contributed by atoms with E-state index in [1.807, 2.05) is 6.08 Å². The first kappa shape index (κ1) is 41.2. The number of allylic oxidation sites excluding steroid dienone is 1. The largest absolute Gasteiger partial charge is 0.542 e. The molecule has 1 aliphatic rings. The average molecular weight is 704 g/mol. The Morgan fingerprint density at radius 1 is 0.878 bits per heavy atom. The zero-order valence-electron chi connectivity index (χ0n) is 31.3. The lowest BCUT2D eigenvalue weighted by molar-refractivity contribution is -0.158. The van der Waals surface area contributed by atoms with Crippen LogP contribution in [0.1, 0.15) is 80.7 Å². The van der Waals surface area contributed by atoms with Gasteiger partial charge in [0.15, 0.2) is 24.7 Å². The van der Waals surface area contributed by atoms with E-state index in [0.717, 1.165) is 0 Å². The van der Waals surface area contributed by atoms with Gasteiger partial charge in [-0.1, -0.05) is 26.8 Å². The fraction of sp³-hybridized carbons (Fsp3) is 0.611. The number of likely N-dealkylation sites (N-methyl/N-ethyl adjacent to an activating group) is 1. The van der Waals surface area contributed by atoms with Crippen LogP contribution in [-0.2, 0) is 28.3 Å². The van der Waals surface area contributed by atoms with E-state index in [-0.39, 0.29) is 35.0 Å².